The Labute approximate surface area is 121 Å². The summed E-state index contributed by atoms with van der Waals surface area (Å²) in [6.45, 7) is 2.00. The number of fused-ring (bicyclic) bond motifs is 1. The third kappa shape index (κ3) is 2.47. The molecule has 0 fully saturated rings. The number of imide groups is 1. The first kappa shape index (κ1) is 15.0. The molecule has 0 radical (unpaired) electrons. The van der Waals surface area contributed by atoms with Crippen LogP contribution in [-0.2, 0) is 19.6 Å². The van der Waals surface area contributed by atoms with Crippen LogP contribution in [0, 0.1) is 0 Å². The molecule has 0 aliphatic carbocycles. The average Bonchev–Trinajstić information content (AvgIpc) is 2.37. The summed E-state index contributed by atoms with van der Waals surface area (Å²) in [5.41, 5.74) is 0. The highest BCUT2D eigenvalue weighted by molar-refractivity contribution is 7.90. The van der Waals surface area contributed by atoms with Gasteiger partial charge in [0.05, 0.1) is 4.90 Å². The number of phenols is 1. The lowest BCUT2D eigenvalue weighted by atomic mass is 10.1. The van der Waals surface area contributed by atoms with Crippen LogP contribution in [0.25, 0.3) is 10.8 Å². The van der Waals surface area contributed by atoms with E-state index < -0.39 is 21.8 Å². The molecule has 1 N–H and O–H groups in total. The number of amides is 2. The summed E-state index contributed by atoms with van der Waals surface area (Å²) in [6, 6.07) is 8.69. The van der Waals surface area contributed by atoms with Gasteiger partial charge in [-0.15, -0.1) is 0 Å². The van der Waals surface area contributed by atoms with E-state index in [-0.39, 0.29) is 20.3 Å². The summed E-state index contributed by atoms with van der Waals surface area (Å²) >= 11 is 0. The summed E-state index contributed by atoms with van der Waals surface area (Å²) in [4.78, 5) is 22.8. The molecule has 0 aliphatic heterocycles. The van der Waals surface area contributed by atoms with Crippen LogP contribution in [-0.4, -0.2) is 29.6 Å². The number of benzene rings is 2. The Hall–Kier alpha value is -2.41. The van der Waals surface area contributed by atoms with Gasteiger partial charge in [0.15, 0.2) is 0 Å². The van der Waals surface area contributed by atoms with Crippen LogP contribution in [0.2, 0.25) is 0 Å². The predicted molar refractivity (Wildman–Crippen MR) is 76.0 cm³/mol. The Morgan fingerprint density at radius 1 is 0.952 bits per heavy atom. The molecule has 0 saturated heterocycles. The number of sulfonamides is 1. The number of hydrogen-bond acceptors (Lipinski definition) is 5. The second-order valence-electron chi connectivity index (χ2n) is 4.44. The first-order chi connectivity index (χ1) is 9.76. The number of nitrogens with zero attached hydrogens (tertiary/aromatic N) is 1. The highest BCUT2D eigenvalue weighted by Crippen LogP contribution is 2.31. The molecule has 0 heterocycles. The van der Waals surface area contributed by atoms with Crippen LogP contribution >= 0.6 is 0 Å². The van der Waals surface area contributed by atoms with Gasteiger partial charge in [0, 0.05) is 24.6 Å². The summed E-state index contributed by atoms with van der Waals surface area (Å²) in [6.07, 6.45) is 0. The van der Waals surface area contributed by atoms with E-state index in [0.717, 1.165) is 13.8 Å². The van der Waals surface area contributed by atoms with Gasteiger partial charge in [-0.05, 0) is 12.1 Å². The molecule has 21 heavy (non-hydrogen) atoms. The van der Waals surface area contributed by atoms with E-state index in [1.54, 1.807) is 18.2 Å². The van der Waals surface area contributed by atoms with Gasteiger partial charge in [-0.3, -0.25) is 9.59 Å². The standard InChI is InChI=1S/C14H13NO5S/c1-9(16)15(10(2)17)21(19,20)14-8-7-13(18)11-5-3-4-6-12(11)14/h3-8,18H,1-2H3. The van der Waals surface area contributed by atoms with Crippen molar-refractivity contribution < 1.29 is 23.1 Å². The van der Waals surface area contributed by atoms with Crippen LogP contribution in [0.1, 0.15) is 13.8 Å². The van der Waals surface area contributed by atoms with Gasteiger partial charge in [0.1, 0.15) is 5.75 Å². The fraction of sp³-hybridized carbons (Fsp3) is 0.143. The number of carbonyl (C=O) groups excluding carboxylic acids is 2. The quantitative estimate of drug-likeness (QED) is 0.910. The summed E-state index contributed by atoms with van der Waals surface area (Å²) in [5, 5.41) is 10.3. The van der Waals surface area contributed by atoms with Crippen molar-refractivity contribution in [3.63, 3.8) is 0 Å². The molecule has 7 heteroatoms. The van der Waals surface area contributed by atoms with Crippen molar-refractivity contribution in [1.29, 1.82) is 0 Å². The second-order valence-corrected chi connectivity index (χ2v) is 6.19. The molecular weight excluding hydrogens is 294 g/mol. The number of rotatable bonds is 2. The van der Waals surface area contributed by atoms with E-state index in [0.29, 0.717) is 5.39 Å². The van der Waals surface area contributed by atoms with Crippen LogP contribution in [0.3, 0.4) is 0 Å². The van der Waals surface area contributed by atoms with Crippen molar-refractivity contribution in [2.75, 3.05) is 0 Å². The average molecular weight is 307 g/mol. The summed E-state index contributed by atoms with van der Waals surface area (Å²) in [5.74, 6) is -1.86. The monoisotopic (exact) mass is 307 g/mol. The van der Waals surface area contributed by atoms with Crippen molar-refractivity contribution in [2.24, 2.45) is 0 Å². The van der Waals surface area contributed by atoms with Crippen molar-refractivity contribution >= 4 is 32.6 Å². The molecule has 0 unspecified atom stereocenters. The zero-order chi connectivity index (χ0) is 15.8. The molecule has 2 amide bonds. The van der Waals surface area contributed by atoms with E-state index in [9.17, 15) is 23.1 Å². The van der Waals surface area contributed by atoms with E-state index in [1.165, 1.54) is 18.2 Å². The van der Waals surface area contributed by atoms with Gasteiger partial charge >= 0.3 is 0 Å². The zero-order valence-electron chi connectivity index (χ0n) is 11.4. The molecule has 2 aromatic carbocycles. The van der Waals surface area contributed by atoms with Crippen LogP contribution in [0.4, 0.5) is 0 Å². The van der Waals surface area contributed by atoms with Crippen molar-refractivity contribution in [3.05, 3.63) is 36.4 Å². The minimum Gasteiger partial charge on any atom is -0.507 e. The molecule has 0 bridgehead atoms. The van der Waals surface area contributed by atoms with Gasteiger partial charge in [0.25, 0.3) is 10.0 Å². The number of aromatic hydroxyl groups is 1. The van der Waals surface area contributed by atoms with Gasteiger partial charge in [-0.2, -0.15) is 4.31 Å². The lowest BCUT2D eigenvalue weighted by Crippen LogP contribution is -2.38. The highest BCUT2D eigenvalue weighted by Gasteiger charge is 2.32. The minimum absolute atomic E-state index is 0.0817. The third-order valence-corrected chi connectivity index (χ3v) is 4.86. The van der Waals surface area contributed by atoms with E-state index in [4.69, 9.17) is 0 Å². The molecule has 0 saturated carbocycles. The van der Waals surface area contributed by atoms with Crippen molar-refractivity contribution in [1.82, 2.24) is 4.31 Å². The van der Waals surface area contributed by atoms with E-state index in [2.05, 4.69) is 0 Å². The number of phenolic OH excluding ortho intramolecular Hbond substituents is 1. The van der Waals surface area contributed by atoms with Crippen molar-refractivity contribution in [3.8, 4) is 5.75 Å². The van der Waals surface area contributed by atoms with Gasteiger partial charge in [0.2, 0.25) is 11.8 Å². The zero-order valence-corrected chi connectivity index (χ0v) is 12.2. The Morgan fingerprint density at radius 2 is 1.48 bits per heavy atom. The minimum atomic E-state index is -4.32. The smallest absolute Gasteiger partial charge is 0.273 e. The van der Waals surface area contributed by atoms with Crippen LogP contribution in [0.5, 0.6) is 5.75 Å². The Balaban J connectivity index is 2.80. The highest BCUT2D eigenvalue weighted by atomic mass is 32.2. The SMILES string of the molecule is CC(=O)N(C(C)=O)S(=O)(=O)c1ccc(O)c2ccccc12. The van der Waals surface area contributed by atoms with E-state index in [1.807, 2.05) is 0 Å². The maximum absolute atomic E-state index is 12.5. The molecular formula is C14H13NO5S. The fourth-order valence-corrected chi connectivity index (χ4v) is 3.71. The Kier molecular flexibility index (Phi) is 3.69. The van der Waals surface area contributed by atoms with Gasteiger partial charge < -0.3 is 5.11 Å². The molecule has 2 rings (SSSR count). The summed E-state index contributed by atoms with van der Waals surface area (Å²) < 4.78 is 25.3. The normalized spacial score (nSPS) is 11.3. The number of carbonyl (C=O) groups is 2. The molecule has 0 aliphatic rings. The molecule has 6 nitrogen and oxygen atoms in total. The van der Waals surface area contributed by atoms with Crippen molar-refractivity contribution in [2.45, 2.75) is 18.7 Å². The maximum Gasteiger partial charge on any atom is 0.273 e. The Morgan fingerprint density at radius 3 is 2.00 bits per heavy atom. The third-order valence-electron chi connectivity index (χ3n) is 2.95. The van der Waals surface area contributed by atoms with Gasteiger partial charge in [-0.25, -0.2) is 8.42 Å². The first-order valence-corrected chi connectivity index (χ1v) is 7.48. The molecule has 0 atom stereocenters. The molecule has 0 aromatic heterocycles. The molecule has 0 spiro atoms. The van der Waals surface area contributed by atoms with Crippen LogP contribution in [0.15, 0.2) is 41.3 Å². The van der Waals surface area contributed by atoms with Gasteiger partial charge in [-0.1, -0.05) is 24.3 Å². The summed E-state index contributed by atoms with van der Waals surface area (Å²) in [7, 11) is -4.32. The lowest BCUT2D eigenvalue weighted by Gasteiger charge is -2.18. The first-order valence-electron chi connectivity index (χ1n) is 6.04. The lowest BCUT2D eigenvalue weighted by molar-refractivity contribution is -0.135. The second kappa shape index (κ2) is 5.17. The van der Waals surface area contributed by atoms with E-state index >= 15 is 0 Å². The number of hydrogen-bond donors (Lipinski definition) is 1. The topological polar surface area (TPSA) is 91.8 Å². The Bertz CT molecular complexity index is 828. The maximum atomic E-state index is 12.5. The predicted octanol–water partition coefficient (Wildman–Crippen LogP) is 1.63. The largest absolute Gasteiger partial charge is 0.507 e. The fourth-order valence-electron chi connectivity index (χ4n) is 2.14. The molecule has 110 valence electrons. The molecule has 2 aromatic rings. The van der Waals surface area contributed by atoms with Crippen LogP contribution < -0.4 is 0 Å².